The lowest BCUT2D eigenvalue weighted by Gasteiger charge is -2.30. The zero-order valence-corrected chi connectivity index (χ0v) is 21.1. The summed E-state index contributed by atoms with van der Waals surface area (Å²) in [5.41, 5.74) is 2.82. The van der Waals surface area contributed by atoms with Gasteiger partial charge in [0.15, 0.2) is 0 Å². The minimum absolute atomic E-state index is 0.0333. The summed E-state index contributed by atoms with van der Waals surface area (Å²) in [6.07, 6.45) is 2.80. The van der Waals surface area contributed by atoms with Gasteiger partial charge in [-0.2, -0.15) is 4.31 Å². The molecule has 0 aliphatic carbocycles. The smallest absolute Gasteiger partial charge is 0.253 e. The predicted molar refractivity (Wildman–Crippen MR) is 134 cm³/mol. The summed E-state index contributed by atoms with van der Waals surface area (Å²) < 4.78 is 33.1. The molecule has 2 aromatic carbocycles. The molecule has 9 heteroatoms. The fourth-order valence-electron chi connectivity index (χ4n) is 4.51. The number of carbonyl (C=O) groups is 2. The first-order valence-corrected chi connectivity index (χ1v) is 13.6. The van der Waals surface area contributed by atoms with Crippen LogP contribution in [0.3, 0.4) is 0 Å². The molecule has 2 fully saturated rings. The van der Waals surface area contributed by atoms with Crippen molar-refractivity contribution in [3.05, 3.63) is 59.2 Å². The molecule has 2 aliphatic heterocycles. The number of rotatable bonds is 7. The normalized spacial score (nSPS) is 19.4. The Morgan fingerprint density at radius 1 is 1.03 bits per heavy atom. The van der Waals surface area contributed by atoms with Gasteiger partial charge < -0.3 is 15.4 Å². The van der Waals surface area contributed by atoms with Crippen LogP contribution in [0.2, 0.25) is 0 Å². The monoisotopic (exact) mass is 499 g/mol. The summed E-state index contributed by atoms with van der Waals surface area (Å²) in [5, 5.41) is 5.78. The van der Waals surface area contributed by atoms with E-state index in [1.54, 1.807) is 36.4 Å². The van der Waals surface area contributed by atoms with Gasteiger partial charge >= 0.3 is 0 Å². The largest absolute Gasteiger partial charge is 0.376 e. The first kappa shape index (κ1) is 25.3. The van der Waals surface area contributed by atoms with E-state index in [0.29, 0.717) is 30.6 Å². The maximum atomic E-state index is 13.1. The Labute approximate surface area is 207 Å². The molecule has 4 rings (SSSR count). The van der Waals surface area contributed by atoms with Crippen LogP contribution in [0, 0.1) is 19.8 Å². The zero-order chi connectivity index (χ0) is 25.0. The fraction of sp³-hybridized carbons (Fsp3) is 0.462. The maximum Gasteiger partial charge on any atom is 0.253 e. The summed E-state index contributed by atoms with van der Waals surface area (Å²) in [5.74, 6) is -0.789. The first-order chi connectivity index (χ1) is 16.8. The Balaban J connectivity index is 1.35. The van der Waals surface area contributed by atoms with E-state index in [1.165, 1.54) is 4.31 Å². The molecule has 0 radical (unpaired) electrons. The summed E-state index contributed by atoms with van der Waals surface area (Å²) in [6.45, 7) is 5.55. The Hall–Kier alpha value is -2.75. The lowest BCUT2D eigenvalue weighted by molar-refractivity contribution is -0.120. The van der Waals surface area contributed by atoms with E-state index >= 15 is 0 Å². The Bertz CT molecular complexity index is 1180. The Morgan fingerprint density at radius 2 is 1.77 bits per heavy atom. The highest BCUT2D eigenvalue weighted by atomic mass is 32.2. The van der Waals surface area contributed by atoms with Crippen molar-refractivity contribution in [3.63, 3.8) is 0 Å². The third kappa shape index (κ3) is 5.91. The molecule has 0 spiro atoms. The lowest BCUT2D eigenvalue weighted by atomic mass is 9.97. The maximum absolute atomic E-state index is 13.1. The summed E-state index contributed by atoms with van der Waals surface area (Å²) >= 11 is 0. The molecule has 0 bridgehead atoms. The summed E-state index contributed by atoms with van der Waals surface area (Å²) in [6, 6.07) is 12.1. The van der Waals surface area contributed by atoms with Gasteiger partial charge in [0.1, 0.15) is 0 Å². The number of nitrogens with zero attached hydrogens (tertiary/aromatic N) is 1. The number of para-hydroxylation sites is 1. The Kier molecular flexibility index (Phi) is 7.88. The summed E-state index contributed by atoms with van der Waals surface area (Å²) in [4.78, 5) is 26.0. The number of piperidine rings is 1. The number of anilines is 1. The van der Waals surface area contributed by atoms with Crippen LogP contribution >= 0.6 is 0 Å². The molecule has 2 saturated heterocycles. The second-order valence-electron chi connectivity index (χ2n) is 9.30. The third-order valence-electron chi connectivity index (χ3n) is 6.88. The highest BCUT2D eigenvalue weighted by Gasteiger charge is 2.32. The number of hydrogen-bond acceptors (Lipinski definition) is 5. The summed E-state index contributed by atoms with van der Waals surface area (Å²) in [7, 11) is -3.60. The highest BCUT2D eigenvalue weighted by Crippen LogP contribution is 2.26. The van der Waals surface area contributed by atoms with E-state index in [0.717, 1.165) is 30.6 Å². The highest BCUT2D eigenvalue weighted by molar-refractivity contribution is 7.89. The van der Waals surface area contributed by atoms with Crippen molar-refractivity contribution >= 4 is 27.5 Å². The number of ether oxygens (including phenoxy) is 1. The number of nitrogens with one attached hydrogen (secondary N) is 2. The second-order valence-corrected chi connectivity index (χ2v) is 11.2. The van der Waals surface area contributed by atoms with Gasteiger partial charge in [0.25, 0.3) is 5.91 Å². The molecule has 2 heterocycles. The number of amides is 2. The van der Waals surface area contributed by atoms with E-state index in [2.05, 4.69) is 10.6 Å². The van der Waals surface area contributed by atoms with Crippen LogP contribution in [-0.4, -0.2) is 56.9 Å². The lowest BCUT2D eigenvalue weighted by Crippen LogP contribution is -2.41. The fourth-order valence-corrected chi connectivity index (χ4v) is 6.07. The van der Waals surface area contributed by atoms with Gasteiger partial charge in [0.2, 0.25) is 15.9 Å². The molecule has 0 aromatic heterocycles. The van der Waals surface area contributed by atoms with E-state index < -0.39 is 10.0 Å². The van der Waals surface area contributed by atoms with Crippen molar-refractivity contribution in [2.75, 3.05) is 31.6 Å². The average molecular weight is 500 g/mol. The number of carbonyl (C=O) groups excluding carboxylic acids is 2. The van der Waals surface area contributed by atoms with Crippen LogP contribution in [0.25, 0.3) is 0 Å². The van der Waals surface area contributed by atoms with Crippen molar-refractivity contribution < 1.29 is 22.7 Å². The van der Waals surface area contributed by atoms with Gasteiger partial charge in [-0.3, -0.25) is 9.59 Å². The average Bonchev–Trinajstić information content (AvgIpc) is 3.38. The SMILES string of the molecule is Cc1ccc(S(=O)(=O)N2CCC(C(=O)Nc3ccccc3C(=O)NCC3CCCO3)CC2)cc1C. The quantitative estimate of drug-likeness (QED) is 0.609. The van der Waals surface area contributed by atoms with Crippen molar-refractivity contribution in [2.24, 2.45) is 5.92 Å². The van der Waals surface area contributed by atoms with Crippen molar-refractivity contribution in [2.45, 2.75) is 50.5 Å². The van der Waals surface area contributed by atoms with E-state index in [1.807, 2.05) is 19.9 Å². The predicted octanol–water partition coefficient (Wildman–Crippen LogP) is 3.25. The molecule has 188 valence electrons. The van der Waals surface area contributed by atoms with Crippen LogP contribution in [0.1, 0.15) is 47.2 Å². The van der Waals surface area contributed by atoms with E-state index in [-0.39, 0.29) is 41.8 Å². The molecule has 0 saturated carbocycles. The van der Waals surface area contributed by atoms with Gasteiger partial charge in [-0.15, -0.1) is 0 Å². The molecular formula is C26H33N3O5S. The van der Waals surface area contributed by atoms with Gasteiger partial charge in [-0.05, 0) is 74.9 Å². The minimum atomic E-state index is -3.60. The van der Waals surface area contributed by atoms with Crippen LogP contribution in [-0.2, 0) is 19.6 Å². The van der Waals surface area contributed by atoms with Crippen molar-refractivity contribution in [1.29, 1.82) is 0 Å². The number of aryl methyl sites for hydroxylation is 2. The van der Waals surface area contributed by atoms with Gasteiger partial charge in [-0.1, -0.05) is 18.2 Å². The molecule has 1 atom stereocenters. The second kappa shape index (κ2) is 10.9. The zero-order valence-electron chi connectivity index (χ0n) is 20.2. The standard InChI is InChI=1S/C26H33N3O5S/c1-18-9-10-22(16-19(18)2)35(32,33)29-13-11-20(12-14-29)25(30)28-24-8-4-3-7-23(24)26(31)27-17-21-6-5-15-34-21/h3-4,7-10,16,20-21H,5-6,11-15,17H2,1-2H3,(H,27,31)(H,28,30). The van der Waals surface area contributed by atoms with E-state index in [9.17, 15) is 18.0 Å². The third-order valence-corrected chi connectivity index (χ3v) is 8.78. The number of hydrogen-bond donors (Lipinski definition) is 2. The van der Waals surface area contributed by atoms with Gasteiger partial charge in [-0.25, -0.2) is 8.42 Å². The van der Waals surface area contributed by atoms with E-state index in [4.69, 9.17) is 4.74 Å². The molecule has 2 aromatic rings. The van der Waals surface area contributed by atoms with Crippen LogP contribution in [0.4, 0.5) is 5.69 Å². The van der Waals surface area contributed by atoms with Gasteiger partial charge in [0.05, 0.1) is 22.3 Å². The van der Waals surface area contributed by atoms with Crippen molar-refractivity contribution in [1.82, 2.24) is 9.62 Å². The molecule has 2 aliphatic rings. The number of sulfonamides is 1. The molecule has 1 unspecified atom stereocenters. The minimum Gasteiger partial charge on any atom is -0.376 e. The molecule has 8 nitrogen and oxygen atoms in total. The number of benzene rings is 2. The van der Waals surface area contributed by atoms with Crippen LogP contribution in [0.5, 0.6) is 0 Å². The van der Waals surface area contributed by atoms with Gasteiger partial charge in [0, 0.05) is 32.2 Å². The molecule has 2 N–H and O–H groups in total. The first-order valence-electron chi connectivity index (χ1n) is 12.1. The van der Waals surface area contributed by atoms with Crippen molar-refractivity contribution in [3.8, 4) is 0 Å². The molecule has 2 amide bonds. The molecular weight excluding hydrogens is 466 g/mol. The van der Waals surface area contributed by atoms with Crippen LogP contribution in [0.15, 0.2) is 47.4 Å². The molecule has 35 heavy (non-hydrogen) atoms. The Morgan fingerprint density at radius 3 is 2.46 bits per heavy atom. The topological polar surface area (TPSA) is 105 Å². The van der Waals surface area contributed by atoms with Crippen LogP contribution < -0.4 is 10.6 Å².